The maximum Gasteiger partial charge on any atom is 0.364 e. The number of nitrogens with zero attached hydrogens (tertiary/aromatic N) is 1. The second-order valence-electron chi connectivity index (χ2n) is 6.17. The van der Waals surface area contributed by atoms with Crippen molar-refractivity contribution in [1.82, 2.24) is 4.90 Å². The fraction of sp³-hybridized carbons (Fsp3) is 0.150. The van der Waals surface area contributed by atoms with Crippen molar-refractivity contribution in [1.29, 1.82) is 0 Å². The molecular formula is C20H15NO6S2. The van der Waals surface area contributed by atoms with Crippen molar-refractivity contribution >= 4 is 46.9 Å². The van der Waals surface area contributed by atoms with Crippen LogP contribution in [0.5, 0.6) is 17.2 Å². The summed E-state index contributed by atoms with van der Waals surface area (Å²) in [5.74, 6) is 0.650. The lowest BCUT2D eigenvalue weighted by molar-refractivity contribution is -0.131. The number of carbonyl (C=O) groups is 2. The van der Waals surface area contributed by atoms with Crippen LogP contribution in [-0.4, -0.2) is 39.5 Å². The molecule has 0 spiro atoms. The molecule has 2 aromatic carbocycles. The molecule has 148 valence electrons. The second-order valence-corrected chi connectivity index (χ2v) is 7.54. The van der Waals surface area contributed by atoms with Crippen molar-refractivity contribution in [2.45, 2.75) is 6.61 Å². The van der Waals surface area contributed by atoms with Gasteiger partial charge < -0.3 is 19.3 Å². The van der Waals surface area contributed by atoms with E-state index in [4.69, 9.17) is 31.5 Å². The molecule has 0 atom stereocenters. The topological polar surface area (TPSA) is 85.3 Å². The van der Waals surface area contributed by atoms with Crippen LogP contribution in [0.4, 0.5) is 0 Å². The van der Waals surface area contributed by atoms with E-state index in [1.165, 1.54) is 11.8 Å². The lowest BCUT2D eigenvalue weighted by Gasteiger charge is -2.10. The van der Waals surface area contributed by atoms with Gasteiger partial charge in [0, 0.05) is 0 Å². The largest absolute Gasteiger partial charge is 0.489 e. The minimum atomic E-state index is -1.28. The zero-order chi connectivity index (χ0) is 20.4. The maximum absolute atomic E-state index is 12.3. The molecule has 1 fully saturated rings. The second kappa shape index (κ2) is 8.14. The van der Waals surface area contributed by atoms with E-state index >= 15 is 0 Å². The highest BCUT2D eigenvalue weighted by Gasteiger charge is 2.32. The molecule has 29 heavy (non-hydrogen) atoms. The predicted molar refractivity (Wildman–Crippen MR) is 111 cm³/mol. The summed E-state index contributed by atoms with van der Waals surface area (Å²) in [6.07, 6.45) is 1.71. The van der Waals surface area contributed by atoms with Crippen molar-refractivity contribution < 1.29 is 28.9 Å². The summed E-state index contributed by atoms with van der Waals surface area (Å²) in [6, 6.07) is 12.9. The monoisotopic (exact) mass is 429 g/mol. The number of fused-ring (bicyclic) bond motifs is 1. The van der Waals surface area contributed by atoms with Crippen LogP contribution in [-0.2, 0) is 16.2 Å². The maximum atomic E-state index is 12.3. The number of thioether (sulfide) groups is 1. The van der Waals surface area contributed by atoms with E-state index in [9.17, 15) is 9.59 Å². The number of hydrogen-bond acceptors (Lipinski definition) is 7. The number of aliphatic carboxylic acids is 1. The van der Waals surface area contributed by atoms with Gasteiger partial charge in [-0.1, -0.05) is 42.2 Å². The van der Waals surface area contributed by atoms with Gasteiger partial charge in [0.05, 0.1) is 10.8 Å². The van der Waals surface area contributed by atoms with Gasteiger partial charge in [-0.3, -0.25) is 9.69 Å². The smallest absolute Gasteiger partial charge is 0.364 e. The van der Waals surface area contributed by atoms with E-state index < -0.39 is 16.9 Å². The number of rotatable bonds is 4. The Morgan fingerprint density at radius 2 is 1.97 bits per heavy atom. The van der Waals surface area contributed by atoms with E-state index in [-0.39, 0.29) is 12.7 Å². The normalized spacial score (nSPS) is 16.3. The molecule has 7 nitrogen and oxygen atoms in total. The van der Waals surface area contributed by atoms with Crippen molar-refractivity contribution in [3.05, 3.63) is 58.5 Å². The Kier molecular flexibility index (Phi) is 5.41. The van der Waals surface area contributed by atoms with Crippen LogP contribution < -0.4 is 14.2 Å². The highest BCUT2D eigenvalue weighted by atomic mass is 32.2. The molecule has 0 bridgehead atoms. The van der Waals surface area contributed by atoms with Crippen LogP contribution in [0.15, 0.2) is 47.4 Å². The molecular weight excluding hydrogens is 414 g/mol. The summed E-state index contributed by atoms with van der Waals surface area (Å²) in [5.41, 5.74) is 1.77. The zero-order valence-corrected chi connectivity index (χ0v) is 16.6. The van der Waals surface area contributed by atoms with E-state index in [0.29, 0.717) is 23.0 Å². The number of hydrogen-bond donors (Lipinski definition) is 1. The fourth-order valence-electron chi connectivity index (χ4n) is 2.77. The molecule has 4 rings (SSSR count). The van der Waals surface area contributed by atoms with Gasteiger partial charge >= 0.3 is 5.97 Å². The summed E-state index contributed by atoms with van der Waals surface area (Å²) < 4.78 is 16.4. The average Bonchev–Trinajstić information content (AvgIpc) is 3.33. The van der Waals surface area contributed by atoms with Crippen LogP contribution >= 0.6 is 24.0 Å². The Morgan fingerprint density at radius 1 is 1.21 bits per heavy atom. The number of carboxylic acids is 1. The molecule has 9 heteroatoms. The predicted octanol–water partition coefficient (Wildman–Crippen LogP) is 3.28. The molecule has 0 aliphatic carbocycles. The van der Waals surface area contributed by atoms with Gasteiger partial charge in [0.2, 0.25) is 6.79 Å². The third-order valence-corrected chi connectivity index (χ3v) is 5.64. The third kappa shape index (κ3) is 4.20. The van der Waals surface area contributed by atoms with Crippen molar-refractivity contribution in [3.8, 4) is 17.2 Å². The van der Waals surface area contributed by atoms with Gasteiger partial charge in [-0.15, -0.1) is 0 Å². The van der Waals surface area contributed by atoms with Crippen LogP contribution in [0.25, 0.3) is 6.08 Å². The lowest BCUT2D eigenvalue weighted by atomic mass is 10.2. The van der Waals surface area contributed by atoms with E-state index in [1.807, 2.05) is 42.5 Å². The number of carboxylic acid groups (broad SMARTS) is 1. The first-order valence-corrected chi connectivity index (χ1v) is 9.95. The van der Waals surface area contributed by atoms with Gasteiger partial charge in [-0.2, -0.15) is 0 Å². The highest BCUT2D eigenvalue weighted by molar-refractivity contribution is 8.04. The first kappa shape index (κ1) is 19.3. The minimum absolute atomic E-state index is 0.201. The van der Waals surface area contributed by atoms with E-state index in [1.54, 1.807) is 6.08 Å². The summed E-state index contributed by atoms with van der Waals surface area (Å²) in [4.78, 5) is 24.4. The van der Waals surface area contributed by atoms with Crippen molar-refractivity contribution in [3.63, 3.8) is 0 Å². The molecule has 2 heterocycles. The zero-order valence-electron chi connectivity index (χ0n) is 15.0. The Morgan fingerprint density at radius 3 is 2.72 bits per heavy atom. The minimum Gasteiger partial charge on any atom is -0.489 e. The van der Waals surface area contributed by atoms with Gasteiger partial charge in [0.1, 0.15) is 12.4 Å². The first-order valence-electron chi connectivity index (χ1n) is 8.56. The van der Waals surface area contributed by atoms with E-state index in [0.717, 1.165) is 21.8 Å². The Labute approximate surface area is 175 Å². The summed E-state index contributed by atoms with van der Waals surface area (Å²) in [7, 11) is 0. The van der Waals surface area contributed by atoms with Crippen molar-refractivity contribution in [2.75, 3.05) is 12.7 Å². The number of thiocarbonyl (C=S) groups is 1. The number of carbonyl (C=O) groups excluding carboxylic acids is 1. The molecule has 1 N–H and O–H groups in total. The van der Waals surface area contributed by atoms with E-state index in [2.05, 4.69) is 0 Å². The number of ether oxygens (including phenoxy) is 3. The SMILES string of the molecule is O=C(O)C(=S)N1CSC(=Cc2ccc(OCc3ccc4c(c3)OCO4)cc2)C1=O. The summed E-state index contributed by atoms with van der Waals surface area (Å²) in [6.45, 7) is 0.615. The fourth-order valence-corrected chi connectivity index (χ4v) is 3.96. The lowest BCUT2D eigenvalue weighted by Crippen LogP contribution is -2.35. The van der Waals surface area contributed by atoms with Crippen LogP contribution in [0.3, 0.4) is 0 Å². The van der Waals surface area contributed by atoms with Gasteiger partial charge in [0.15, 0.2) is 16.5 Å². The molecule has 0 radical (unpaired) electrons. The summed E-state index contributed by atoms with van der Waals surface area (Å²) in [5, 5.41) is 8.95. The molecule has 2 aromatic rings. The number of benzene rings is 2. The average molecular weight is 429 g/mol. The third-order valence-electron chi connectivity index (χ3n) is 4.25. The van der Waals surface area contributed by atoms with Gasteiger partial charge in [-0.05, 0) is 41.5 Å². The Hall–Kier alpha value is -3.04. The Balaban J connectivity index is 1.38. The first-order chi connectivity index (χ1) is 14.0. The Bertz CT molecular complexity index is 1020. The van der Waals surface area contributed by atoms with Crippen LogP contribution in [0, 0.1) is 0 Å². The summed E-state index contributed by atoms with van der Waals surface area (Å²) >= 11 is 6.03. The highest BCUT2D eigenvalue weighted by Crippen LogP contribution is 2.33. The molecule has 0 aromatic heterocycles. The van der Waals surface area contributed by atoms with Crippen molar-refractivity contribution in [2.24, 2.45) is 0 Å². The molecule has 0 unspecified atom stereocenters. The number of amides is 1. The van der Waals surface area contributed by atoms with Gasteiger partial charge in [0.25, 0.3) is 5.91 Å². The quantitative estimate of drug-likeness (QED) is 0.586. The molecule has 1 amide bonds. The van der Waals surface area contributed by atoms with Crippen LogP contribution in [0.2, 0.25) is 0 Å². The standard InChI is InChI=1S/C20H15NO6S2/c22-18-17(29-10-21(18)19(28)20(23)24)8-12-1-4-14(5-2-12)25-9-13-3-6-15-16(7-13)27-11-26-15/h1-8H,9-11H2,(H,23,24). The molecule has 2 aliphatic heterocycles. The van der Waals surface area contributed by atoms with Gasteiger partial charge in [-0.25, -0.2) is 4.79 Å². The molecule has 0 saturated carbocycles. The van der Waals surface area contributed by atoms with Crippen LogP contribution in [0.1, 0.15) is 11.1 Å². The molecule has 1 saturated heterocycles. The molecule has 2 aliphatic rings.